The molecule has 18 heavy (non-hydrogen) atoms. The molecule has 0 aromatic carbocycles. The molecule has 0 aliphatic rings. The van der Waals surface area contributed by atoms with Crippen molar-refractivity contribution in [1.82, 2.24) is 14.7 Å². The first-order valence-electron chi connectivity index (χ1n) is 5.92. The van der Waals surface area contributed by atoms with Crippen LogP contribution in [0.15, 0.2) is 0 Å². The van der Waals surface area contributed by atoms with Gasteiger partial charge in [-0.15, -0.1) is 0 Å². The lowest BCUT2D eigenvalue weighted by molar-refractivity contribution is -0.384. The molecule has 0 fully saturated rings. The van der Waals surface area contributed by atoms with Gasteiger partial charge in [-0.3, -0.25) is 10.1 Å². The van der Waals surface area contributed by atoms with Crippen LogP contribution in [-0.4, -0.2) is 46.3 Å². The number of nitro groups is 1. The first-order valence-corrected chi connectivity index (χ1v) is 5.92. The number of hydrogen-bond acceptors (Lipinski definition) is 5. The number of hydrogen-bond donors (Lipinski definition) is 1. The summed E-state index contributed by atoms with van der Waals surface area (Å²) >= 11 is 0. The summed E-state index contributed by atoms with van der Waals surface area (Å²) < 4.78 is 1.53. The zero-order valence-corrected chi connectivity index (χ0v) is 11.6. The Balaban J connectivity index is 2.80. The van der Waals surface area contributed by atoms with Crippen LogP contribution >= 0.6 is 0 Å². The number of nitrogens with one attached hydrogen (secondary N) is 1. The summed E-state index contributed by atoms with van der Waals surface area (Å²) in [7, 11) is 5.72. The van der Waals surface area contributed by atoms with Crippen LogP contribution in [0.25, 0.3) is 0 Å². The van der Waals surface area contributed by atoms with E-state index < -0.39 is 0 Å². The number of rotatable bonds is 6. The van der Waals surface area contributed by atoms with Crippen molar-refractivity contribution in [2.75, 3.05) is 26.0 Å². The third kappa shape index (κ3) is 3.43. The molecule has 1 heterocycles. The van der Waals surface area contributed by atoms with E-state index in [-0.39, 0.29) is 16.7 Å². The van der Waals surface area contributed by atoms with Gasteiger partial charge in [-0.1, -0.05) is 0 Å². The highest BCUT2D eigenvalue weighted by atomic mass is 16.6. The Morgan fingerprint density at radius 3 is 2.67 bits per heavy atom. The lowest BCUT2D eigenvalue weighted by Crippen LogP contribution is -2.24. The minimum atomic E-state index is -0.386. The molecular formula is C11H21N5O2. The second kappa shape index (κ2) is 5.81. The van der Waals surface area contributed by atoms with E-state index >= 15 is 0 Å². The molecule has 0 saturated heterocycles. The van der Waals surface area contributed by atoms with E-state index in [9.17, 15) is 10.1 Å². The lowest BCUT2D eigenvalue weighted by atomic mass is 10.2. The second-order valence-electron chi connectivity index (χ2n) is 4.80. The van der Waals surface area contributed by atoms with Crippen molar-refractivity contribution < 1.29 is 4.92 Å². The van der Waals surface area contributed by atoms with E-state index in [2.05, 4.69) is 15.3 Å². The van der Waals surface area contributed by atoms with Gasteiger partial charge < -0.3 is 10.2 Å². The highest BCUT2D eigenvalue weighted by Crippen LogP contribution is 2.27. The van der Waals surface area contributed by atoms with Gasteiger partial charge in [0.15, 0.2) is 0 Å². The maximum absolute atomic E-state index is 11.0. The summed E-state index contributed by atoms with van der Waals surface area (Å²) in [5.74, 6) is 0.476. The predicted octanol–water partition coefficient (Wildman–Crippen LogP) is 1.39. The molecule has 0 saturated carbocycles. The van der Waals surface area contributed by atoms with E-state index in [0.717, 1.165) is 13.0 Å². The summed E-state index contributed by atoms with van der Waals surface area (Å²) in [6.45, 7) is 4.59. The fraction of sp³-hybridized carbons (Fsp3) is 0.727. The van der Waals surface area contributed by atoms with E-state index in [0.29, 0.717) is 11.5 Å². The van der Waals surface area contributed by atoms with Crippen molar-refractivity contribution >= 4 is 11.5 Å². The molecule has 1 aromatic heterocycles. The van der Waals surface area contributed by atoms with Crippen molar-refractivity contribution in [2.45, 2.75) is 26.3 Å². The Morgan fingerprint density at radius 1 is 1.56 bits per heavy atom. The van der Waals surface area contributed by atoms with Crippen LogP contribution in [0.4, 0.5) is 11.5 Å². The molecule has 0 bridgehead atoms. The van der Waals surface area contributed by atoms with Gasteiger partial charge in [0, 0.05) is 13.1 Å². The topological polar surface area (TPSA) is 76.2 Å². The number of nitrogens with zero attached hydrogens (tertiary/aromatic N) is 4. The van der Waals surface area contributed by atoms with Gasteiger partial charge >= 0.3 is 5.69 Å². The van der Waals surface area contributed by atoms with Crippen LogP contribution in [0.3, 0.4) is 0 Å². The summed E-state index contributed by atoms with van der Waals surface area (Å²) in [4.78, 5) is 12.7. The summed E-state index contributed by atoms with van der Waals surface area (Å²) in [5.41, 5.74) is 0.499. The summed E-state index contributed by atoms with van der Waals surface area (Å²) in [5, 5.41) is 18.3. The largest absolute Gasteiger partial charge is 0.362 e. The van der Waals surface area contributed by atoms with E-state index in [4.69, 9.17) is 0 Å². The van der Waals surface area contributed by atoms with E-state index in [1.807, 2.05) is 21.0 Å². The van der Waals surface area contributed by atoms with Crippen molar-refractivity contribution in [3.05, 3.63) is 15.8 Å². The molecule has 1 aromatic rings. The Morgan fingerprint density at radius 2 is 2.17 bits per heavy atom. The van der Waals surface area contributed by atoms with Crippen LogP contribution in [0.5, 0.6) is 0 Å². The van der Waals surface area contributed by atoms with Crippen LogP contribution in [0, 0.1) is 17.0 Å². The Kier molecular flexibility index (Phi) is 4.66. The molecule has 102 valence electrons. The normalized spacial score (nSPS) is 12.8. The minimum absolute atomic E-state index is 0.0641. The average molecular weight is 255 g/mol. The highest BCUT2D eigenvalue weighted by molar-refractivity contribution is 5.59. The SMILES string of the molecule is Cc1nn(C)c(NC(C)CCN(C)C)c1[N+](=O)[O-]. The van der Waals surface area contributed by atoms with Gasteiger partial charge in [-0.2, -0.15) is 5.10 Å². The van der Waals surface area contributed by atoms with Gasteiger partial charge in [0.2, 0.25) is 5.82 Å². The van der Waals surface area contributed by atoms with Crippen molar-refractivity contribution in [1.29, 1.82) is 0 Å². The summed E-state index contributed by atoms with van der Waals surface area (Å²) in [6.07, 6.45) is 0.911. The molecule has 1 unspecified atom stereocenters. The second-order valence-corrected chi connectivity index (χ2v) is 4.80. The zero-order chi connectivity index (χ0) is 13.9. The number of anilines is 1. The zero-order valence-electron chi connectivity index (χ0n) is 11.6. The first-order chi connectivity index (χ1) is 8.32. The molecule has 1 atom stereocenters. The van der Waals surface area contributed by atoms with Crippen molar-refractivity contribution in [2.24, 2.45) is 7.05 Å². The molecular weight excluding hydrogens is 234 g/mol. The fourth-order valence-corrected chi connectivity index (χ4v) is 1.78. The van der Waals surface area contributed by atoms with Gasteiger partial charge in [0.05, 0.1) is 4.92 Å². The highest BCUT2D eigenvalue weighted by Gasteiger charge is 2.24. The molecule has 1 N–H and O–H groups in total. The molecule has 0 spiro atoms. The quantitative estimate of drug-likeness (QED) is 0.614. The molecule has 0 radical (unpaired) electrons. The Labute approximate surface area is 107 Å². The molecule has 0 aliphatic heterocycles. The minimum Gasteiger partial charge on any atom is -0.362 e. The van der Waals surface area contributed by atoms with Crippen LogP contribution in [-0.2, 0) is 7.05 Å². The number of aromatic nitrogens is 2. The lowest BCUT2D eigenvalue weighted by Gasteiger charge is -2.17. The first kappa shape index (κ1) is 14.4. The van der Waals surface area contributed by atoms with E-state index in [1.54, 1.807) is 14.0 Å². The molecule has 7 heteroatoms. The van der Waals surface area contributed by atoms with Crippen molar-refractivity contribution in [3.8, 4) is 0 Å². The fourth-order valence-electron chi connectivity index (χ4n) is 1.78. The maximum atomic E-state index is 11.0. The van der Waals surface area contributed by atoms with Gasteiger partial charge in [0.1, 0.15) is 5.69 Å². The van der Waals surface area contributed by atoms with E-state index in [1.165, 1.54) is 4.68 Å². The average Bonchev–Trinajstić information content (AvgIpc) is 2.51. The molecule has 1 rings (SSSR count). The number of aryl methyl sites for hydroxylation is 2. The van der Waals surface area contributed by atoms with Crippen LogP contribution in [0.1, 0.15) is 19.0 Å². The maximum Gasteiger partial charge on any atom is 0.333 e. The van der Waals surface area contributed by atoms with Crippen molar-refractivity contribution in [3.63, 3.8) is 0 Å². The Hall–Kier alpha value is -1.63. The summed E-state index contributed by atoms with van der Waals surface area (Å²) in [6, 6.07) is 0.154. The predicted molar refractivity (Wildman–Crippen MR) is 70.9 cm³/mol. The van der Waals surface area contributed by atoms with Gasteiger partial charge in [-0.25, -0.2) is 4.68 Å². The van der Waals surface area contributed by atoms with Crippen LogP contribution < -0.4 is 5.32 Å². The monoisotopic (exact) mass is 255 g/mol. The third-order valence-electron chi connectivity index (χ3n) is 2.77. The Bertz CT molecular complexity index is 427. The molecule has 7 nitrogen and oxygen atoms in total. The third-order valence-corrected chi connectivity index (χ3v) is 2.77. The van der Waals surface area contributed by atoms with Gasteiger partial charge in [0.25, 0.3) is 0 Å². The molecule has 0 amide bonds. The van der Waals surface area contributed by atoms with Gasteiger partial charge in [-0.05, 0) is 40.9 Å². The smallest absolute Gasteiger partial charge is 0.333 e. The standard InChI is InChI=1S/C11H21N5O2/c1-8(6-7-14(3)4)12-11-10(16(17)18)9(2)13-15(11)5/h8,12H,6-7H2,1-5H3. The molecule has 0 aliphatic carbocycles. The van der Waals surface area contributed by atoms with Crippen LogP contribution in [0.2, 0.25) is 0 Å².